The summed E-state index contributed by atoms with van der Waals surface area (Å²) < 4.78 is 2.28. The van der Waals surface area contributed by atoms with Gasteiger partial charge in [-0.1, -0.05) is 91.0 Å². The van der Waals surface area contributed by atoms with Crippen LogP contribution in [0.5, 0.6) is 0 Å². The Balaban J connectivity index is 1.22. The topological polar surface area (TPSA) is 43.6 Å². The van der Waals surface area contributed by atoms with Gasteiger partial charge in [0, 0.05) is 34.4 Å². The molecule has 0 N–H and O–H groups in total. The fraction of sp³-hybridized carbons (Fsp3) is 0. The van der Waals surface area contributed by atoms with Crippen LogP contribution in [0.3, 0.4) is 0 Å². The molecular formula is C39H26N4. The van der Waals surface area contributed by atoms with Crippen molar-refractivity contribution in [2.24, 2.45) is 0 Å². The molecule has 0 fully saturated rings. The number of aromatic nitrogens is 4. The van der Waals surface area contributed by atoms with E-state index in [0.717, 1.165) is 45.0 Å². The summed E-state index contributed by atoms with van der Waals surface area (Å²) in [5.41, 5.74) is 11.6. The van der Waals surface area contributed by atoms with Gasteiger partial charge in [-0.3, -0.25) is 9.97 Å². The summed E-state index contributed by atoms with van der Waals surface area (Å²) in [6, 6.07) is 48.6. The SMILES string of the molecule is c1ccc(-c2ccc(-c3cc(-c4ccc(-n5c6ccccc6c6ccncc65)cc4)cc(-c4ccccn4)n3)cc2)cc1. The first-order valence-corrected chi connectivity index (χ1v) is 14.4. The average molecular weight is 551 g/mol. The van der Waals surface area contributed by atoms with Crippen molar-refractivity contribution < 1.29 is 0 Å². The Morgan fingerprint density at radius 2 is 1.07 bits per heavy atom. The third kappa shape index (κ3) is 4.55. The van der Waals surface area contributed by atoms with Gasteiger partial charge in [0.15, 0.2) is 0 Å². The first kappa shape index (κ1) is 24.9. The van der Waals surface area contributed by atoms with Crippen molar-refractivity contribution in [1.82, 2.24) is 19.5 Å². The first-order chi connectivity index (χ1) is 21.3. The van der Waals surface area contributed by atoms with E-state index in [1.165, 1.54) is 27.4 Å². The monoisotopic (exact) mass is 550 g/mol. The van der Waals surface area contributed by atoms with Crippen LogP contribution in [0.1, 0.15) is 0 Å². The predicted molar refractivity (Wildman–Crippen MR) is 176 cm³/mol. The number of para-hydroxylation sites is 1. The number of rotatable bonds is 5. The molecule has 0 saturated heterocycles. The average Bonchev–Trinajstić information content (AvgIpc) is 3.43. The van der Waals surface area contributed by atoms with Crippen molar-refractivity contribution in [3.05, 3.63) is 158 Å². The van der Waals surface area contributed by atoms with E-state index in [2.05, 4.69) is 130 Å². The molecule has 4 nitrogen and oxygen atoms in total. The Bertz CT molecular complexity index is 2150. The number of pyridine rings is 3. The fourth-order valence-electron chi connectivity index (χ4n) is 5.85. The maximum atomic E-state index is 5.05. The van der Waals surface area contributed by atoms with E-state index in [4.69, 9.17) is 4.98 Å². The van der Waals surface area contributed by atoms with E-state index >= 15 is 0 Å². The lowest BCUT2D eigenvalue weighted by atomic mass is 9.99. The summed E-state index contributed by atoms with van der Waals surface area (Å²) >= 11 is 0. The van der Waals surface area contributed by atoms with Crippen LogP contribution >= 0.6 is 0 Å². The molecule has 0 bridgehead atoms. The lowest BCUT2D eigenvalue weighted by Gasteiger charge is -2.12. The molecule has 4 aromatic carbocycles. The number of benzene rings is 4. The Labute approximate surface area is 249 Å². The highest BCUT2D eigenvalue weighted by Crippen LogP contribution is 2.34. The summed E-state index contributed by atoms with van der Waals surface area (Å²) in [6.45, 7) is 0. The molecule has 4 aromatic heterocycles. The molecular weight excluding hydrogens is 524 g/mol. The molecule has 43 heavy (non-hydrogen) atoms. The van der Waals surface area contributed by atoms with Crippen LogP contribution in [0.15, 0.2) is 158 Å². The van der Waals surface area contributed by atoms with Gasteiger partial charge in [-0.25, -0.2) is 4.98 Å². The minimum Gasteiger partial charge on any atom is -0.308 e. The Kier molecular flexibility index (Phi) is 6.08. The lowest BCUT2D eigenvalue weighted by Crippen LogP contribution is -1.95. The van der Waals surface area contributed by atoms with Crippen molar-refractivity contribution >= 4 is 21.8 Å². The standard InChI is InChI=1S/C39H26N4/c1-2-8-27(9-3-1)28-13-15-30(16-14-28)36-24-31(25-37(42-36)35-11-6-7-22-41-35)29-17-19-32(20-18-29)43-38-12-5-4-10-33(38)34-21-23-40-26-39(34)43/h1-26H. The second kappa shape index (κ2) is 10.5. The van der Waals surface area contributed by atoms with Gasteiger partial charge in [-0.2, -0.15) is 0 Å². The minimum atomic E-state index is 0.845. The van der Waals surface area contributed by atoms with Gasteiger partial charge in [0.05, 0.1) is 34.3 Å². The fourth-order valence-corrected chi connectivity index (χ4v) is 5.85. The van der Waals surface area contributed by atoms with Gasteiger partial charge < -0.3 is 4.57 Å². The molecule has 0 aliphatic heterocycles. The van der Waals surface area contributed by atoms with E-state index in [9.17, 15) is 0 Å². The highest BCUT2D eigenvalue weighted by Gasteiger charge is 2.13. The Morgan fingerprint density at radius 1 is 0.419 bits per heavy atom. The molecule has 0 atom stereocenters. The van der Waals surface area contributed by atoms with Gasteiger partial charge in [0.25, 0.3) is 0 Å². The summed E-state index contributed by atoms with van der Waals surface area (Å²) in [7, 11) is 0. The van der Waals surface area contributed by atoms with Crippen LogP contribution in [0.25, 0.3) is 72.4 Å². The van der Waals surface area contributed by atoms with E-state index in [-0.39, 0.29) is 0 Å². The molecule has 8 aromatic rings. The number of hydrogen-bond acceptors (Lipinski definition) is 3. The second-order valence-electron chi connectivity index (χ2n) is 10.6. The zero-order chi connectivity index (χ0) is 28.6. The van der Waals surface area contributed by atoms with Gasteiger partial charge in [0.1, 0.15) is 0 Å². The molecule has 0 radical (unpaired) electrons. The molecule has 0 amide bonds. The zero-order valence-electron chi connectivity index (χ0n) is 23.3. The molecule has 4 heterocycles. The predicted octanol–water partition coefficient (Wildman–Crippen LogP) is 9.64. The summed E-state index contributed by atoms with van der Waals surface area (Å²) in [5.74, 6) is 0. The van der Waals surface area contributed by atoms with Crippen molar-refractivity contribution in [2.45, 2.75) is 0 Å². The number of fused-ring (bicyclic) bond motifs is 3. The van der Waals surface area contributed by atoms with Crippen LogP contribution in [0.2, 0.25) is 0 Å². The molecule has 202 valence electrons. The van der Waals surface area contributed by atoms with Crippen LogP contribution in [-0.2, 0) is 0 Å². The van der Waals surface area contributed by atoms with E-state index < -0.39 is 0 Å². The maximum Gasteiger partial charge on any atom is 0.0899 e. The highest BCUT2D eigenvalue weighted by molar-refractivity contribution is 6.08. The number of nitrogens with zero attached hydrogens (tertiary/aromatic N) is 4. The van der Waals surface area contributed by atoms with Gasteiger partial charge in [-0.15, -0.1) is 0 Å². The van der Waals surface area contributed by atoms with Crippen LogP contribution < -0.4 is 0 Å². The van der Waals surface area contributed by atoms with Gasteiger partial charge in [0.2, 0.25) is 0 Å². The first-order valence-electron chi connectivity index (χ1n) is 14.4. The highest BCUT2D eigenvalue weighted by atomic mass is 15.0. The second-order valence-corrected chi connectivity index (χ2v) is 10.6. The smallest absolute Gasteiger partial charge is 0.0899 e. The van der Waals surface area contributed by atoms with Gasteiger partial charge >= 0.3 is 0 Å². The summed E-state index contributed by atoms with van der Waals surface area (Å²) in [5, 5.41) is 2.42. The molecule has 4 heteroatoms. The molecule has 0 spiro atoms. The van der Waals surface area contributed by atoms with Crippen LogP contribution in [0, 0.1) is 0 Å². The molecule has 0 aliphatic carbocycles. The van der Waals surface area contributed by atoms with E-state index in [0.29, 0.717) is 0 Å². The molecule has 8 rings (SSSR count). The van der Waals surface area contributed by atoms with Crippen molar-refractivity contribution in [2.75, 3.05) is 0 Å². The summed E-state index contributed by atoms with van der Waals surface area (Å²) in [4.78, 5) is 14.1. The molecule has 0 saturated carbocycles. The van der Waals surface area contributed by atoms with E-state index in [1.807, 2.05) is 42.9 Å². The lowest BCUT2D eigenvalue weighted by molar-refractivity contribution is 1.17. The molecule has 0 unspecified atom stereocenters. The van der Waals surface area contributed by atoms with Crippen molar-refractivity contribution in [3.8, 4) is 50.6 Å². The Morgan fingerprint density at radius 3 is 1.88 bits per heavy atom. The maximum absolute atomic E-state index is 5.05. The minimum absolute atomic E-state index is 0.845. The summed E-state index contributed by atoms with van der Waals surface area (Å²) in [6.07, 6.45) is 5.62. The third-order valence-electron chi connectivity index (χ3n) is 7.98. The largest absolute Gasteiger partial charge is 0.308 e. The van der Waals surface area contributed by atoms with E-state index in [1.54, 1.807) is 0 Å². The normalized spacial score (nSPS) is 11.3. The Hall–Kier alpha value is -5.87. The van der Waals surface area contributed by atoms with Crippen molar-refractivity contribution in [1.29, 1.82) is 0 Å². The zero-order valence-corrected chi connectivity index (χ0v) is 23.3. The van der Waals surface area contributed by atoms with Gasteiger partial charge in [-0.05, 0) is 70.8 Å². The van der Waals surface area contributed by atoms with Crippen molar-refractivity contribution in [3.63, 3.8) is 0 Å². The number of hydrogen-bond donors (Lipinski definition) is 0. The quantitative estimate of drug-likeness (QED) is 0.214. The van der Waals surface area contributed by atoms with Crippen LogP contribution in [0.4, 0.5) is 0 Å². The van der Waals surface area contributed by atoms with Crippen LogP contribution in [-0.4, -0.2) is 19.5 Å². The third-order valence-corrected chi connectivity index (χ3v) is 7.98. The molecule has 0 aliphatic rings.